The number of para-hydroxylation sites is 1. The Bertz CT molecular complexity index is 595. The number of aromatic nitrogens is 1. The zero-order valence-corrected chi connectivity index (χ0v) is 10.7. The highest BCUT2D eigenvalue weighted by atomic mass is 16.1. The molecular formula is C15H17N3O. The zero-order valence-electron chi connectivity index (χ0n) is 10.7. The number of fused-ring (bicyclic) bond motifs is 1. The Morgan fingerprint density at radius 3 is 3.05 bits per heavy atom. The predicted molar refractivity (Wildman–Crippen MR) is 76.7 cm³/mol. The van der Waals surface area contributed by atoms with Crippen LogP contribution in [-0.2, 0) is 11.2 Å². The minimum atomic E-state index is -0.0323. The smallest absolute Gasteiger partial charge is 0.233 e. The van der Waals surface area contributed by atoms with Crippen LogP contribution in [0.2, 0.25) is 0 Å². The van der Waals surface area contributed by atoms with Crippen molar-refractivity contribution >= 4 is 16.8 Å². The van der Waals surface area contributed by atoms with Crippen LogP contribution in [0.5, 0.6) is 0 Å². The van der Waals surface area contributed by atoms with Gasteiger partial charge >= 0.3 is 0 Å². The van der Waals surface area contributed by atoms with Gasteiger partial charge in [0.15, 0.2) is 0 Å². The molecule has 0 aliphatic heterocycles. The van der Waals surface area contributed by atoms with Gasteiger partial charge in [-0.3, -0.25) is 10.1 Å². The second kappa shape index (κ2) is 6.62. The molecule has 1 amide bonds. The molecule has 1 aromatic heterocycles. The van der Waals surface area contributed by atoms with Gasteiger partial charge in [0.25, 0.3) is 0 Å². The van der Waals surface area contributed by atoms with E-state index in [1.165, 1.54) is 10.9 Å². The molecule has 1 heterocycles. The molecule has 0 radical (unpaired) electrons. The Labute approximate surface area is 112 Å². The van der Waals surface area contributed by atoms with Crippen molar-refractivity contribution in [2.75, 3.05) is 19.6 Å². The number of aromatic amines is 1. The topological polar surface area (TPSA) is 56.9 Å². The van der Waals surface area contributed by atoms with Gasteiger partial charge in [-0.1, -0.05) is 24.1 Å². The summed E-state index contributed by atoms with van der Waals surface area (Å²) in [5.74, 6) is 2.39. The van der Waals surface area contributed by atoms with Crippen LogP contribution in [0.1, 0.15) is 5.56 Å². The number of carbonyl (C=O) groups is 1. The molecule has 0 aliphatic rings. The molecule has 0 unspecified atom stereocenters. The molecule has 3 N–H and O–H groups in total. The molecule has 2 rings (SSSR count). The average molecular weight is 255 g/mol. The summed E-state index contributed by atoms with van der Waals surface area (Å²) in [6.07, 6.45) is 7.89. The zero-order chi connectivity index (χ0) is 13.5. The van der Waals surface area contributed by atoms with E-state index in [-0.39, 0.29) is 12.5 Å². The molecule has 98 valence electrons. The molecule has 0 aliphatic carbocycles. The van der Waals surface area contributed by atoms with Crippen molar-refractivity contribution in [2.45, 2.75) is 6.42 Å². The molecule has 0 atom stereocenters. The molecule has 1 aromatic carbocycles. The van der Waals surface area contributed by atoms with Crippen LogP contribution in [0.15, 0.2) is 30.5 Å². The summed E-state index contributed by atoms with van der Waals surface area (Å²) in [6.45, 7) is 1.30. The van der Waals surface area contributed by atoms with Crippen LogP contribution in [0, 0.1) is 12.3 Å². The minimum absolute atomic E-state index is 0.0323. The number of nitrogens with one attached hydrogen (secondary N) is 3. The van der Waals surface area contributed by atoms with E-state index in [9.17, 15) is 4.79 Å². The molecule has 0 saturated carbocycles. The SMILES string of the molecule is C#CCNCC(=O)NCCc1c[nH]c2ccccc12. The van der Waals surface area contributed by atoms with Crippen LogP contribution in [0.3, 0.4) is 0 Å². The molecule has 0 bridgehead atoms. The lowest BCUT2D eigenvalue weighted by molar-refractivity contribution is -0.120. The number of terminal acetylenes is 1. The first kappa shape index (κ1) is 13.2. The second-order valence-corrected chi connectivity index (χ2v) is 4.27. The van der Waals surface area contributed by atoms with E-state index >= 15 is 0 Å². The molecule has 4 heteroatoms. The van der Waals surface area contributed by atoms with Crippen LogP contribution >= 0.6 is 0 Å². The van der Waals surface area contributed by atoms with Gasteiger partial charge in [0.2, 0.25) is 5.91 Å². The third-order valence-corrected chi connectivity index (χ3v) is 2.90. The molecule has 0 saturated heterocycles. The van der Waals surface area contributed by atoms with E-state index in [1.54, 1.807) is 0 Å². The number of H-pyrrole nitrogens is 1. The maximum atomic E-state index is 11.5. The van der Waals surface area contributed by atoms with E-state index < -0.39 is 0 Å². The monoisotopic (exact) mass is 255 g/mol. The summed E-state index contributed by atoms with van der Waals surface area (Å²) in [7, 11) is 0. The van der Waals surface area contributed by atoms with Crippen molar-refractivity contribution in [3.05, 3.63) is 36.0 Å². The summed E-state index contributed by atoms with van der Waals surface area (Å²) in [5, 5.41) is 6.92. The fourth-order valence-electron chi connectivity index (χ4n) is 1.99. The van der Waals surface area contributed by atoms with Crippen LogP contribution < -0.4 is 10.6 Å². The predicted octanol–water partition coefficient (Wildman–Crippen LogP) is 1.05. The molecular weight excluding hydrogens is 238 g/mol. The van der Waals surface area contributed by atoms with Gasteiger partial charge < -0.3 is 10.3 Å². The summed E-state index contributed by atoms with van der Waals surface area (Å²) in [5.41, 5.74) is 2.34. The fourth-order valence-corrected chi connectivity index (χ4v) is 1.99. The molecule has 0 spiro atoms. The Morgan fingerprint density at radius 1 is 1.37 bits per heavy atom. The van der Waals surface area contributed by atoms with E-state index in [0.29, 0.717) is 13.1 Å². The molecule has 4 nitrogen and oxygen atoms in total. The first-order chi connectivity index (χ1) is 9.31. The average Bonchev–Trinajstić information content (AvgIpc) is 2.83. The second-order valence-electron chi connectivity index (χ2n) is 4.27. The molecule has 19 heavy (non-hydrogen) atoms. The Morgan fingerprint density at radius 2 is 2.21 bits per heavy atom. The maximum Gasteiger partial charge on any atom is 0.233 e. The fraction of sp³-hybridized carbons (Fsp3) is 0.267. The lowest BCUT2D eigenvalue weighted by Crippen LogP contribution is -2.35. The van der Waals surface area contributed by atoms with E-state index in [2.05, 4.69) is 27.6 Å². The normalized spacial score (nSPS) is 10.3. The highest BCUT2D eigenvalue weighted by Crippen LogP contribution is 2.17. The highest BCUT2D eigenvalue weighted by molar-refractivity contribution is 5.83. The van der Waals surface area contributed by atoms with Gasteiger partial charge in [-0.25, -0.2) is 0 Å². The van der Waals surface area contributed by atoms with Crippen molar-refractivity contribution in [2.24, 2.45) is 0 Å². The maximum absolute atomic E-state index is 11.5. The third kappa shape index (κ3) is 3.60. The first-order valence-corrected chi connectivity index (χ1v) is 6.27. The summed E-state index contributed by atoms with van der Waals surface area (Å²) in [6, 6.07) is 8.14. The number of rotatable bonds is 6. The largest absolute Gasteiger partial charge is 0.361 e. The van der Waals surface area contributed by atoms with Crippen molar-refractivity contribution in [3.8, 4) is 12.3 Å². The van der Waals surface area contributed by atoms with Crippen molar-refractivity contribution in [1.82, 2.24) is 15.6 Å². The minimum Gasteiger partial charge on any atom is -0.361 e. The lowest BCUT2D eigenvalue weighted by Gasteiger charge is -2.04. The lowest BCUT2D eigenvalue weighted by atomic mass is 10.1. The number of benzene rings is 1. The summed E-state index contributed by atoms with van der Waals surface area (Å²) in [4.78, 5) is 14.7. The van der Waals surface area contributed by atoms with E-state index in [4.69, 9.17) is 6.42 Å². The van der Waals surface area contributed by atoms with Crippen molar-refractivity contribution in [1.29, 1.82) is 0 Å². The molecule has 0 fully saturated rings. The molecule has 2 aromatic rings. The standard InChI is InChI=1S/C15H17N3O/c1-2-8-16-11-15(19)17-9-7-12-10-18-14-6-4-3-5-13(12)14/h1,3-6,10,16,18H,7-9,11H2,(H,17,19). The summed E-state index contributed by atoms with van der Waals surface area (Å²) < 4.78 is 0. The van der Waals surface area contributed by atoms with Crippen molar-refractivity contribution in [3.63, 3.8) is 0 Å². The van der Waals surface area contributed by atoms with Crippen molar-refractivity contribution < 1.29 is 4.79 Å². The Balaban J connectivity index is 1.80. The Kier molecular flexibility index (Phi) is 4.60. The van der Waals surface area contributed by atoms with E-state index in [1.807, 2.05) is 24.4 Å². The van der Waals surface area contributed by atoms with Gasteiger partial charge in [0.05, 0.1) is 13.1 Å². The first-order valence-electron chi connectivity index (χ1n) is 6.27. The van der Waals surface area contributed by atoms with Gasteiger partial charge in [0, 0.05) is 23.6 Å². The summed E-state index contributed by atoms with van der Waals surface area (Å²) >= 11 is 0. The van der Waals surface area contributed by atoms with Crippen LogP contribution in [0.4, 0.5) is 0 Å². The van der Waals surface area contributed by atoms with Gasteiger partial charge in [-0.05, 0) is 18.1 Å². The highest BCUT2D eigenvalue weighted by Gasteiger charge is 2.04. The number of hydrogen-bond acceptors (Lipinski definition) is 2. The Hall–Kier alpha value is -2.25. The van der Waals surface area contributed by atoms with Gasteiger partial charge in [-0.15, -0.1) is 6.42 Å². The van der Waals surface area contributed by atoms with Crippen LogP contribution in [0.25, 0.3) is 10.9 Å². The number of carbonyl (C=O) groups excluding carboxylic acids is 1. The van der Waals surface area contributed by atoms with Gasteiger partial charge in [0.1, 0.15) is 0 Å². The van der Waals surface area contributed by atoms with Gasteiger partial charge in [-0.2, -0.15) is 0 Å². The number of hydrogen-bond donors (Lipinski definition) is 3. The third-order valence-electron chi connectivity index (χ3n) is 2.90. The number of amides is 1. The van der Waals surface area contributed by atoms with Crippen LogP contribution in [-0.4, -0.2) is 30.5 Å². The quantitative estimate of drug-likeness (QED) is 0.534. The van der Waals surface area contributed by atoms with E-state index in [0.717, 1.165) is 11.9 Å².